The van der Waals surface area contributed by atoms with Crippen molar-refractivity contribution in [1.82, 2.24) is 10.3 Å². The molecule has 9 heteroatoms. The summed E-state index contributed by atoms with van der Waals surface area (Å²) in [7, 11) is 3.23. The van der Waals surface area contributed by atoms with Crippen LogP contribution >= 0.6 is 0 Å². The molecule has 1 heterocycles. The van der Waals surface area contributed by atoms with E-state index in [1.54, 1.807) is 26.4 Å². The third-order valence-electron chi connectivity index (χ3n) is 9.10. The van der Waals surface area contributed by atoms with Gasteiger partial charge in [-0.05, 0) is 74.9 Å². The standard InChI is InChI=1S/C35H44N2O7/c1-4-27(36-20-19-22-13-16-28(41-2)30(21-22)42-3)33(44-35(40)24-11-7-8-12-24)26-14-17-29(32-25(26)15-18-31(38)37-32)43-34(39)23-9-5-6-10-23/h13-18,21,23-24,27,33,36H,4-12,19-20H2,1-3H3,(H,37,38). The molecule has 5 rings (SSSR count). The molecule has 0 radical (unpaired) electrons. The summed E-state index contributed by atoms with van der Waals surface area (Å²) in [6.45, 7) is 2.70. The molecule has 2 saturated carbocycles. The number of hydrogen-bond acceptors (Lipinski definition) is 8. The minimum absolute atomic E-state index is 0.112. The Hall–Kier alpha value is -3.85. The van der Waals surface area contributed by atoms with Crippen molar-refractivity contribution in [2.75, 3.05) is 20.8 Å². The zero-order valence-corrected chi connectivity index (χ0v) is 26.0. The zero-order chi connectivity index (χ0) is 31.1. The molecule has 2 unspecified atom stereocenters. The highest BCUT2D eigenvalue weighted by Gasteiger charge is 2.33. The quantitative estimate of drug-likeness (QED) is 0.180. The van der Waals surface area contributed by atoms with Gasteiger partial charge >= 0.3 is 11.9 Å². The molecule has 44 heavy (non-hydrogen) atoms. The molecule has 2 fully saturated rings. The molecule has 236 valence electrons. The second kappa shape index (κ2) is 14.8. The third-order valence-corrected chi connectivity index (χ3v) is 9.10. The summed E-state index contributed by atoms with van der Waals surface area (Å²) in [5.74, 6) is 0.967. The van der Waals surface area contributed by atoms with Crippen molar-refractivity contribution in [3.63, 3.8) is 0 Å². The van der Waals surface area contributed by atoms with E-state index in [9.17, 15) is 14.4 Å². The van der Waals surface area contributed by atoms with Crippen molar-refractivity contribution in [2.24, 2.45) is 11.8 Å². The number of ether oxygens (including phenoxy) is 4. The minimum Gasteiger partial charge on any atom is -0.493 e. The number of aromatic nitrogens is 1. The average molecular weight is 605 g/mol. The van der Waals surface area contributed by atoms with Crippen molar-refractivity contribution in [3.05, 3.63) is 63.9 Å². The van der Waals surface area contributed by atoms with Crippen molar-refractivity contribution >= 4 is 22.8 Å². The molecule has 1 aromatic heterocycles. The summed E-state index contributed by atoms with van der Waals surface area (Å²) in [6.07, 6.45) is 8.18. The Bertz CT molecular complexity index is 1500. The Labute approximate surface area is 258 Å². The van der Waals surface area contributed by atoms with Crippen molar-refractivity contribution in [2.45, 2.75) is 83.3 Å². The van der Waals surface area contributed by atoms with Gasteiger partial charge in [0, 0.05) is 23.1 Å². The second-order valence-corrected chi connectivity index (χ2v) is 11.9. The fourth-order valence-corrected chi connectivity index (χ4v) is 6.58. The zero-order valence-electron chi connectivity index (χ0n) is 26.0. The van der Waals surface area contributed by atoms with Crippen LogP contribution in [0.25, 0.3) is 10.9 Å². The first kappa shape index (κ1) is 31.6. The molecule has 3 aromatic rings. The number of H-pyrrole nitrogens is 1. The Morgan fingerprint density at radius 2 is 1.52 bits per heavy atom. The van der Waals surface area contributed by atoms with Gasteiger partial charge < -0.3 is 29.2 Å². The molecule has 0 amide bonds. The fraction of sp³-hybridized carbons (Fsp3) is 0.514. The Kier molecular flexibility index (Phi) is 10.6. The molecule has 0 saturated heterocycles. The van der Waals surface area contributed by atoms with Crippen molar-refractivity contribution in [1.29, 1.82) is 0 Å². The molecule has 0 aliphatic heterocycles. The summed E-state index contributed by atoms with van der Waals surface area (Å²) in [4.78, 5) is 41.7. The van der Waals surface area contributed by atoms with Gasteiger partial charge in [0.05, 0.1) is 31.6 Å². The normalized spacial score (nSPS) is 17.0. The number of fused-ring (bicyclic) bond motifs is 1. The summed E-state index contributed by atoms with van der Waals surface area (Å²) in [5, 5.41) is 4.32. The Balaban J connectivity index is 1.43. The lowest BCUT2D eigenvalue weighted by Crippen LogP contribution is -2.38. The molecule has 2 atom stereocenters. The summed E-state index contributed by atoms with van der Waals surface area (Å²) in [5.41, 5.74) is 1.98. The van der Waals surface area contributed by atoms with E-state index in [1.165, 1.54) is 6.07 Å². The minimum atomic E-state index is -0.619. The van der Waals surface area contributed by atoms with Crippen LogP contribution in [0, 0.1) is 11.8 Å². The topological polar surface area (TPSA) is 116 Å². The van der Waals surface area contributed by atoms with Gasteiger partial charge in [-0.15, -0.1) is 0 Å². The molecule has 0 bridgehead atoms. The third kappa shape index (κ3) is 7.26. The van der Waals surface area contributed by atoms with E-state index >= 15 is 0 Å². The van der Waals surface area contributed by atoms with E-state index in [2.05, 4.69) is 17.2 Å². The van der Waals surface area contributed by atoms with Gasteiger partial charge in [-0.25, -0.2) is 0 Å². The van der Waals surface area contributed by atoms with Crippen LogP contribution < -0.4 is 25.1 Å². The first-order valence-corrected chi connectivity index (χ1v) is 15.9. The van der Waals surface area contributed by atoms with Gasteiger partial charge in [-0.2, -0.15) is 0 Å². The highest BCUT2D eigenvalue weighted by molar-refractivity contribution is 5.90. The van der Waals surface area contributed by atoms with Crippen LogP contribution in [0.3, 0.4) is 0 Å². The monoisotopic (exact) mass is 604 g/mol. The molecule has 0 spiro atoms. The van der Waals surface area contributed by atoms with Gasteiger partial charge in [-0.1, -0.05) is 44.7 Å². The molecule has 2 N–H and O–H groups in total. The largest absolute Gasteiger partial charge is 0.493 e. The predicted octanol–water partition coefficient (Wildman–Crippen LogP) is 6.03. The van der Waals surface area contributed by atoms with Gasteiger partial charge in [0.1, 0.15) is 6.10 Å². The predicted molar refractivity (Wildman–Crippen MR) is 168 cm³/mol. The number of pyridine rings is 1. The van der Waals surface area contributed by atoms with E-state index in [1.807, 2.05) is 24.3 Å². The molecular weight excluding hydrogens is 560 g/mol. The molecule has 2 aromatic carbocycles. The molecule has 2 aliphatic carbocycles. The lowest BCUT2D eigenvalue weighted by molar-refractivity contribution is -0.156. The van der Waals surface area contributed by atoms with E-state index in [-0.39, 0.29) is 35.4 Å². The second-order valence-electron chi connectivity index (χ2n) is 11.9. The number of hydrogen-bond donors (Lipinski definition) is 2. The van der Waals surface area contributed by atoms with E-state index in [4.69, 9.17) is 18.9 Å². The van der Waals surface area contributed by atoms with Crippen LogP contribution in [0.4, 0.5) is 0 Å². The Morgan fingerprint density at radius 1 is 0.864 bits per heavy atom. The van der Waals surface area contributed by atoms with Crippen molar-refractivity contribution < 1.29 is 28.5 Å². The fourth-order valence-electron chi connectivity index (χ4n) is 6.58. The van der Waals surface area contributed by atoms with E-state index in [0.717, 1.165) is 68.9 Å². The number of esters is 2. The summed E-state index contributed by atoms with van der Waals surface area (Å²) < 4.78 is 23.0. The number of methoxy groups -OCH3 is 2. The summed E-state index contributed by atoms with van der Waals surface area (Å²) in [6, 6.07) is 12.4. The number of benzene rings is 2. The number of aromatic amines is 1. The maximum Gasteiger partial charge on any atom is 0.314 e. The molecular formula is C35H44N2O7. The van der Waals surface area contributed by atoms with Crippen LogP contribution in [0.1, 0.15) is 81.9 Å². The SMILES string of the molecule is CCC(NCCc1ccc(OC)c(OC)c1)C(OC(=O)C1CCCC1)c1ccc(OC(=O)C2CCCC2)c2[nH]c(=O)ccc12. The maximum atomic E-state index is 13.4. The first-order valence-electron chi connectivity index (χ1n) is 15.9. The van der Waals surface area contributed by atoms with Crippen molar-refractivity contribution in [3.8, 4) is 17.2 Å². The number of carbonyl (C=O) groups excluding carboxylic acids is 2. The molecule has 2 aliphatic rings. The number of rotatable bonds is 13. The van der Waals surface area contributed by atoms with E-state index < -0.39 is 6.10 Å². The van der Waals surface area contributed by atoms with Crippen LogP contribution in [0.5, 0.6) is 17.2 Å². The van der Waals surface area contributed by atoms with Gasteiger partial charge in [0.2, 0.25) is 5.56 Å². The smallest absolute Gasteiger partial charge is 0.314 e. The lowest BCUT2D eigenvalue weighted by atomic mass is 9.95. The highest BCUT2D eigenvalue weighted by atomic mass is 16.5. The van der Waals surface area contributed by atoms with Crippen LogP contribution in [0.2, 0.25) is 0 Å². The van der Waals surface area contributed by atoms with Crippen LogP contribution in [0.15, 0.2) is 47.3 Å². The van der Waals surface area contributed by atoms with Crippen LogP contribution in [-0.4, -0.2) is 43.7 Å². The number of carbonyl (C=O) groups is 2. The average Bonchev–Trinajstić information content (AvgIpc) is 3.78. The highest BCUT2D eigenvalue weighted by Crippen LogP contribution is 2.37. The number of nitrogens with one attached hydrogen (secondary N) is 2. The lowest BCUT2D eigenvalue weighted by Gasteiger charge is -2.30. The van der Waals surface area contributed by atoms with Gasteiger partial charge in [-0.3, -0.25) is 14.4 Å². The summed E-state index contributed by atoms with van der Waals surface area (Å²) >= 11 is 0. The van der Waals surface area contributed by atoms with Gasteiger partial charge in [0.25, 0.3) is 0 Å². The maximum absolute atomic E-state index is 13.4. The first-order chi connectivity index (χ1) is 21.4. The molecule has 9 nitrogen and oxygen atoms in total. The van der Waals surface area contributed by atoms with Gasteiger partial charge in [0.15, 0.2) is 17.2 Å². The van der Waals surface area contributed by atoms with E-state index in [0.29, 0.717) is 41.1 Å². The van der Waals surface area contributed by atoms with Crippen LogP contribution in [-0.2, 0) is 20.7 Å². The Morgan fingerprint density at radius 3 is 2.18 bits per heavy atom.